The van der Waals surface area contributed by atoms with Crippen molar-refractivity contribution in [2.75, 3.05) is 12.9 Å². The van der Waals surface area contributed by atoms with Gasteiger partial charge in [-0.15, -0.1) is 11.8 Å². The molecule has 0 saturated heterocycles. The summed E-state index contributed by atoms with van der Waals surface area (Å²) in [7, 11) is 0. The molecule has 2 rings (SSSR count). The van der Waals surface area contributed by atoms with Crippen LogP contribution in [0.15, 0.2) is 59.5 Å². The predicted molar refractivity (Wildman–Crippen MR) is 125 cm³/mol. The third-order valence-corrected chi connectivity index (χ3v) is 5.36. The standard InChI is InChI=1S/C23H28N2O3S2/c1-30-20-14-12-19(13-15-20)17-24-23(29)25-21(26)10-5-11-22(27)28-16-6-9-18-7-3-2-4-8-18/h2-4,7-8,12-15H,5-6,9-11,16-17H2,1H3,(H2,24,25,26,29). The molecule has 0 heterocycles. The van der Waals surface area contributed by atoms with Crippen molar-refractivity contribution >= 4 is 41.0 Å². The van der Waals surface area contributed by atoms with Gasteiger partial charge in [-0.3, -0.25) is 9.59 Å². The van der Waals surface area contributed by atoms with Crippen LogP contribution in [0.2, 0.25) is 0 Å². The maximum Gasteiger partial charge on any atom is 0.305 e. The molecule has 0 bridgehead atoms. The van der Waals surface area contributed by atoms with Crippen LogP contribution in [-0.2, 0) is 27.3 Å². The Balaban J connectivity index is 1.52. The minimum atomic E-state index is -0.273. The van der Waals surface area contributed by atoms with Crippen molar-refractivity contribution in [3.05, 3.63) is 65.7 Å². The highest BCUT2D eigenvalue weighted by atomic mass is 32.2. The Labute approximate surface area is 188 Å². The van der Waals surface area contributed by atoms with Crippen LogP contribution in [-0.4, -0.2) is 29.9 Å². The van der Waals surface area contributed by atoms with Crippen molar-refractivity contribution in [2.45, 2.75) is 43.5 Å². The number of thiocarbonyl (C=S) groups is 1. The molecule has 160 valence electrons. The first-order valence-corrected chi connectivity index (χ1v) is 11.6. The molecule has 2 aromatic carbocycles. The number of esters is 1. The number of benzene rings is 2. The second-order valence-corrected chi connectivity index (χ2v) is 8.03. The smallest absolute Gasteiger partial charge is 0.305 e. The van der Waals surface area contributed by atoms with Gasteiger partial charge in [0.15, 0.2) is 5.11 Å². The summed E-state index contributed by atoms with van der Waals surface area (Å²) in [6.45, 7) is 0.939. The molecule has 0 aliphatic heterocycles. The molecule has 0 unspecified atom stereocenters. The van der Waals surface area contributed by atoms with Gasteiger partial charge in [0, 0.05) is 24.3 Å². The molecule has 2 aromatic rings. The zero-order chi connectivity index (χ0) is 21.6. The largest absolute Gasteiger partial charge is 0.466 e. The molecule has 7 heteroatoms. The van der Waals surface area contributed by atoms with Gasteiger partial charge in [-0.05, 0) is 61.0 Å². The maximum atomic E-state index is 12.0. The van der Waals surface area contributed by atoms with Crippen LogP contribution in [0.25, 0.3) is 0 Å². The molecule has 0 aromatic heterocycles. The van der Waals surface area contributed by atoms with Crippen LogP contribution in [0.5, 0.6) is 0 Å². The Morgan fingerprint density at radius 3 is 2.40 bits per heavy atom. The number of carbonyl (C=O) groups excluding carboxylic acids is 2. The van der Waals surface area contributed by atoms with Gasteiger partial charge in [0.1, 0.15) is 0 Å². The zero-order valence-corrected chi connectivity index (χ0v) is 18.8. The average Bonchev–Trinajstić information content (AvgIpc) is 2.76. The lowest BCUT2D eigenvalue weighted by atomic mass is 10.1. The minimum absolute atomic E-state index is 0.206. The van der Waals surface area contributed by atoms with E-state index in [0.717, 1.165) is 18.4 Å². The minimum Gasteiger partial charge on any atom is -0.466 e. The van der Waals surface area contributed by atoms with Gasteiger partial charge >= 0.3 is 5.97 Å². The molecule has 0 radical (unpaired) electrons. The van der Waals surface area contributed by atoms with Gasteiger partial charge in [-0.2, -0.15) is 0 Å². The summed E-state index contributed by atoms with van der Waals surface area (Å²) < 4.78 is 5.22. The quantitative estimate of drug-likeness (QED) is 0.234. The van der Waals surface area contributed by atoms with E-state index in [4.69, 9.17) is 17.0 Å². The summed E-state index contributed by atoms with van der Waals surface area (Å²) >= 11 is 6.84. The Hall–Kier alpha value is -2.38. The molecular weight excluding hydrogens is 416 g/mol. The summed E-state index contributed by atoms with van der Waals surface area (Å²) in [5, 5.41) is 5.95. The van der Waals surface area contributed by atoms with Crippen LogP contribution in [0.3, 0.4) is 0 Å². The summed E-state index contributed by atoms with van der Waals surface area (Å²) in [6.07, 6.45) is 4.58. The lowest BCUT2D eigenvalue weighted by molar-refractivity contribution is -0.143. The first kappa shape index (κ1) is 23.9. The van der Waals surface area contributed by atoms with Crippen LogP contribution >= 0.6 is 24.0 Å². The molecule has 0 aliphatic rings. The molecule has 0 spiro atoms. The van der Waals surface area contributed by atoms with E-state index in [9.17, 15) is 9.59 Å². The Morgan fingerprint density at radius 1 is 0.967 bits per heavy atom. The predicted octanol–water partition coefficient (Wildman–Crippen LogP) is 4.25. The van der Waals surface area contributed by atoms with E-state index in [0.29, 0.717) is 19.6 Å². The van der Waals surface area contributed by atoms with E-state index in [1.807, 2.05) is 48.7 Å². The third kappa shape index (κ3) is 9.89. The lowest BCUT2D eigenvalue weighted by Gasteiger charge is -2.10. The summed E-state index contributed by atoms with van der Waals surface area (Å²) in [5.41, 5.74) is 2.31. The van der Waals surface area contributed by atoms with Gasteiger partial charge in [0.25, 0.3) is 0 Å². The number of thioether (sulfide) groups is 1. The van der Waals surface area contributed by atoms with Crippen LogP contribution in [0.4, 0.5) is 0 Å². The van der Waals surface area contributed by atoms with E-state index < -0.39 is 0 Å². The number of hydrogen-bond acceptors (Lipinski definition) is 5. The van der Waals surface area contributed by atoms with Crippen LogP contribution in [0, 0.1) is 0 Å². The summed E-state index contributed by atoms with van der Waals surface area (Å²) in [4.78, 5) is 24.9. The molecule has 2 N–H and O–H groups in total. The second-order valence-electron chi connectivity index (χ2n) is 6.74. The molecule has 0 atom stereocenters. The number of ether oxygens (including phenoxy) is 1. The fourth-order valence-corrected chi connectivity index (χ4v) is 3.33. The van der Waals surface area contributed by atoms with Crippen LogP contribution in [0.1, 0.15) is 36.8 Å². The van der Waals surface area contributed by atoms with Crippen LogP contribution < -0.4 is 10.6 Å². The highest BCUT2D eigenvalue weighted by Crippen LogP contribution is 2.14. The van der Waals surface area contributed by atoms with Crippen molar-refractivity contribution in [3.63, 3.8) is 0 Å². The maximum absolute atomic E-state index is 12.0. The number of hydrogen-bond donors (Lipinski definition) is 2. The number of nitrogens with one attached hydrogen (secondary N) is 2. The monoisotopic (exact) mass is 444 g/mol. The molecule has 0 fully saturated rings. The van der Waals surface area contributed by atoms with E-state index in [1.165, 1.54) is 10.5 Å². The molecule has 0 saturated carbocycles. The van der Waals surface area contributed by atoms with Gasteiger partial charge in [0.05, 0.1) is 6.61 Å². The Bertz CT molecular complexity index is 811. The molecule has 0 aliphatic carbocycles. The number of aryl methyl sites for hydroxylation is 1. The van der Waals surface area contributed by atoms with Gasteiger partial charge in [0.2, 0.25) is 5.91 Å². The fraction of sp³-hybridized carbons (Fsp3) is 0.348. The zero-order valence-electron chi connectivity index (χ0n) is 17.2. The molecule has 30 heavy (non-hydrogen) atoms. The van der Waals surface area contributed by atoms with E-state index >= 15 is 0 Å². The van der Waals surface area contributed by atoms with E-state index in [-0.39, 0.29) is 29.8 Å². The number of rotatable bonds is 11. The lowest BCUT2D eigenvalue weighted by Crippen LogP contribution is -2.38. The van der Waals surface area contributed by atoms with E-state index in [2.05, 4.69) is 22.8 Å². The van der Waals surface area contributed by atoms with Crippen molar-refractivity contribution < 1.29 is 14.3 Å². The topological polar surface area (TPSA) is 67.4 Å². The second kappa shape index (κ2) is 13.8. The normalized spacial score (nSPS) is 10.3. The first-order valence-electron chi connectivity index (χ1n) is 9.97. The Morgan fingerprint density at radius 2 is 1.70 bits per heavy atom. The number of amides is 1. The van der Waals surface area contributed by atoms with Gasteiger partial charge in [-0.1, -0.05) is 42.5 Å². The molecular formula is C23H28N2O3S2. The van der Waals surface area contributed by atoms with Crippen molar-refractivity contribution in [2.24, 2.45) is 0 Å². The first-order chi connectivity index (χ1) is 14.6. The van der Waals surface area contributed by atoms with Gasteiger partial charge < -0.3 is 15.4 Å². The van der Waals surface area contributed by atoms with E-state index in [1.54, 1.807) is 11.8 Å². The Kier molecular flexibility index (Phi) is 11.0. The highest BCUT2D eigenvalue weighted by molar-refractivity contribution is 7.98. The molecule has 1 amide bonds. The summed E-state index contributed by atoms with van der Waals surface area (Å²) in [5.74, 6) is -0.479. The molecule has 5 nitrogen and oxygen atoms in total. The average molecular weight is 445 g/mol. The highest BCUT2D eigenvalue weighted by Gasteiger charge is 2.08. The van der Waals surface area contributed by atoms with Crippen molar-refractivity contribution in [1.29, 1.82) is 0 Å². The fourth-order valence-electron chi connectivity index (χ4n) is 2.73. The third-order valence-electron chi connectivity index (χ3n) is 4.37. The summed E-state index contributed by atoms with van der Waals surface area (Å²) in [6, 6.07) is 18.2. The van der Waals surface area contributed by atoms with Gasteiger partial charge in [-0.25, -0.2) is 0 Å². The SMILES string of the molecule is CSc1ccc(CNC(=S)NC(=O)CCCC(=O)OCCCc2ccccc2)cc1. The van der Waals surface area contributed by atoms with Crippen molar-refractivity contribution in [3.8, 4) is 0 Å². The number of carbonyl (C=O) groups is 2. The van der Waals surface area contributed by atoms with Crippen molar-refractivity contribution in [1.82, 2.24) is 10.6 Å².